The Balaban J connectivity index is 1.94. The molecule has 0 radical (unpaired) electrons. The van der Waals surface area contributed by atoms with Crippen LogP contribution in [0.25, 0.3) is 6.08 Å². The van der Waals surface area contributed by atoms with Gasteiger partial charge in [0, 0.05) is 9.13 Å². The van der Waals surface area contributed by atoms with E-state index < -0.39 is 5.97 Å². The zero-order valence-corrected chi connectivity index (χ0v) is 18.8. The second-order valence-corrected chi connectivity index (χ2v) is 7.81. The normalized spacial score (nSPS) is 14.6. The molecule has 0 unspecified atom stereocenters. The molecule has 0 amide bonds. The van der Waals surface area contributed by atoms with E-state index in [1.165, 1.54) is 0 Å². The van der Waals surface area contributed by atoms with Crippen LogP contribution in [0.2, 0.25) is 0 Å². The quantitative estimate of drug-likeness (QED) is 0.200. The zero-order valence-electron chi connectivity index (χ0n) is 15.1. The topological polar surface area (TPSA) is 57.1 Å². The van der Waals surface area contributed by atoms with Crippen molar-refractivity contribution in [3.05, 3.63) is 73.9 Å². The molecule has 5 nitrogen and oxygen atoms in total. The van der Waals surface area contributed by atoms with Gasteiger partial charge in [0.15, 0.2) is 17.2 Å². The Hall–Kier alpha value is -2.13. The zero-order chi connectivity index (χ0) is 20.1. The van der Waals surface area contributed by atoms with E-state index in [4.69, 9.17) is 14.2 Å². The minimum atomic E-state index is -0.491. The number of carbonyl (C=O) groups is 1. The van der Waals surface area contributed by atoms with E-state index in [1.807, 2.05) is 37.3 Å². The van der Waals surface area contributed by atoms with Gasteiger partial charge in [0.2, 0.25) is 5.90 Å². The second-order valence-electron chi connectivity index (χ2n) is 5.71. The summed E-state index contributed by atoms with van der Waals surface area (Å²) >= 11 is 5.71. The van der Waals surface area contributed by atoms with Crippen molar-refractivity contribution in [1.82, 2.24) is 0 Å². The van der Waals surface area contributed by atoms with Gasteiger partial charge in [0.25, 0.3) is 0 Å². The average molecular weight is 554 g/mol. The molecule has 144 valence electrons. The average Bonchev–Trinajstić information content (AvgIpc) is 3.02. The maximum absolute atomic E-state index is 12.2. The molecule has 0 spiro atoms. The minimum absolute atomic E-state index is 0.225. The molecular weight excluding hydrogens is 537 g/mol. The predicted octanol–water partition coefficient (Wildman–Crippen LogP) is 5.36. The molecule has 0 aromatic heterocycles. The van der Waals surface area contributed by atoms with Crippen molar-refractivity contribution < 1.29 is 19.0 Å². The SMILES string of the molecule is C=CCOc1c(Br)cc(/C=C2\N=C(c3ccc(I)cc3)OC2=O)cc1OCC. The number of cyclic esters (lactones) is 1. The fraction of sp³-hybridized carbons (Fsp3) is 0.143. The molecule has 0 saturated heterocycles. The van der Waals surface area contributed by atoms with Gasteiger partial charge in [-0.3, -0.25) is 0 Å². The lowest BCUT2D eigenvalue weighted by Gasteiger charge is -2.13. The fourth-order valence-electron chi connectivity index (χ4n) is 2.50. The molecule has 0 fully saturated rings. The number of hydrogen-bond donors (Lipinski definition) is 0. The molecule has 7 heteroatoms. The van der Waals surface area contributed by atoms with E-state index in [9.17, 15) is 4.79 Å². The first-order chi connectivity index (χ1) is 13.5. The first-order valence-corrected chi connectivity index (χ1v) is 10.4. The van der Waals surface area contributed by atoms with Crippen LogP contribution in [0.3, 0.4) is 0 Å². The molecule has 0 bridgehead atoms. The lowest BCUT2D eigenvalue weighted by molar-refractivity contribution is -0.129. The van der Waals surface area contributed by atoms with Crippen LogP contribution in [0.15, 0.2) is 64.2 Å². The number of carbonyl (C=O) groups excluding carboxylic acids is 1. The van der Waals surface area contributed by atoms with Gasteiger partial charge in [-0.15, -0.1) is 0 Å². The Bertz CT molecular complexity index is 967. The molecular formula is C21H17BrINO4. The minimum Gasteiger partial charge on any atom is -0.490 e. The summed E-state index contributed by atoms with van der Waals surface area (Å²) in [5, 5.41) is 0. The van der Waals surface area contributed by atoms with Crippen LogP contribution in [0.1, 0.15) is 18.1 Å². The summed E-state index contributed by atoms with van der Waals surface area (Å²) < 4.78 is 18.5. The first kappa shape index (κ1) is 20.6. The highest BCUT2D eigenvalue weighted by atomic mass is 127. The molecule has 0 saturated carbocycles. The predicted molar refractivity (Wildman–Crippen MR) is 121 cm³/mol. The highest BCUT2D eigenvalue weighted by Crippen LogP contribution is 2.38. The number of halogens is 2. The van der Waals surface area contributed by atoms with Crippen LogP contribution in [0, 0.1) is 3.57 Å². The monoisotopic (exact) mass is 553 g/mol. The molecule has 1 heterocycles. The van der Waals surface area contributed by atoms with Gasteiger partial charge in [0.1, 0.15) is 6.61 Å². The number of esters is 1. The molecule has 3 rings (SSSR count). The lowest BCUT2D eigenvalue weighted by Crippen LogP contribution is -2.05. The summed E-state index contributed by atoms with van der Waals surface area (Å²) in [4.78, 5) is 16.6. The molecule has 2 aromatic carbocycles. The number of nitrogens with zero attached hydrogens (tertiary/aromatic N) is 1. The number of aliphatic imine (C=N–C) groups is 1. The van der Waals surface area contributed by atoms with E-state index in [-0.39, 0.29) is 5.70 Å². The van der Waals surface area contributed by atoms with E-state index >= 15 is 0 Å². The lowest BCUT2D eigenvalue weighted by atomic mass is 10.1. The number of hydrogen-bond acceptors (Lipinski definition) is 5. The van der Waals surface area contributed by atoms with E-state index in [0.717, 1.165) is 14.7 Å². The maximum Gasteiger partial charge on any atom is 0.363 e. The van der Waals surface area contributed by atoms with Crippen molar-refractivity contribution in [3.8, 4) is 11.5 Å². The highest BCUT2D eigenvalue weighted by Gasteiger charge is 2.24. The van der Waals surface area contributed by atoms with Crippen LogP contribution in [0.4, 0.5) is 0 Å². The van der Waals surface area contributed by atoms with Crippen molar-refractivity contribution in [2.45, 2.75) is 6.92 Å². The summed E-state index contributed by atoms with van der Waals surface area (Å²) in [6.07, 6.45) is 3.32. The molecule has 0 atom stereocenters. The van der Waals surface area contributed by atoms with Gasteiger partial charge in [-0.1, -0.05) is 12.7 Å². The third kappa shape index (κ3) is 4.82. The third-order valence-electron chi connectivity index (χ3n) is 3.69. The molecule has 1 aliphatic heterocycles. The Morgan fingerprint density at radius 1 is 1.25 bits per heavy atom. The van der Waals surface area contributed by atoms with Crippen molar-refractivity contribution >= 4 is 56.5 Å². The third-order valence-corrected chi connectivity index (χ3v) is 5.00. The Morgan fingerprint density at radius 2 is 2.00 bits per heavy atom. The summed E-state index contributed by atoms with van der Waals surface area (Å²) in [7, 11) is 0. The van der Waals surface area contributed by atoms with Gasteiger partial charge < -0.3 is 14.2 Å². The summed E-state index contributed by atoms with van der Waals surface area (Å²) in [5.74, 6) is 0.956. The molecule has 0 N–H and O–H groups in total. The van der Waals surface area contributed by atoms with Crippen molar-refractivity contribution in [1.29, 1.82) is 0 Å². The number of benzene rings is 2. The van der Waals surface area contributed by atoms with Gasteiger partial charge in [-0.05, 0) is 93.5 Å². The second kappa shape index (κ2) is 9.38. The van der Waals surface area contributed by atoms with Gasteiger partial charge in [-0.2, -0.15) is 0 Å². The Labute approximate surface area is 185 Å². The highest BCUT2D eigenvalue weighted by molar-refractivity contribution is 14.1. The maximum atomic E-state index is 12.2. The molecule has 0 aliphatic carbocycles. The van der Waals surface area contributed by atoms with E-state index in [1.54, 1.807) is 18.2 Å². The van der Waals surface area contributed by atoms with E-state index in [0.29, 0.717) is 35.1 Å². The van der Waals surface area contributed by atoms with Crippen LogP contribution in [0.5, 0.6) is 11.5 Å². The van der Waals surface area contributed by atoms with Gasteiger partial charge >= 0.3 is 5.97 Å². The van der Waals surface area contributed by atoms with Crippen LogP contribution in [-0.4, -0.2) is 25.1 Å². The largest absolute Gasteiger partial charge is 0.490 e. The number of rotatable bonds is 7. The Kier molecular flexibility index (Phi) is 6.90. The van der Waals surface area contributed by atoms with Crippen molar-refractivity contribution in [2.75, 3.05) is 13.2 Å². The Morgan fingerprint density at radius 3 is 2.68 bits per heavy atom. The van der Waals surface area contributed by atoms with Gasteiger partial charge in [-0.25, -0.2) is 9.79 Å². The standard InChI is InChI=1S/C21H17BrINO4/c1-3-9-27-19-16(22)10-13(12-18(19)26-4-2)11-17-21(25)28-20(24-17)14-5-7-15(23)8-6-14/h3,5-8,10-12H,1,4,9H2,2H3/b17-11-. The molecule has 28 heavy (non-hydrogen) atoms. The fourth-order valence-corrected chi connectivity index (χ4v) is 3.43. The summed E-state index contributed by atoms with van der Waals surface area (Å²) in [6.45, 7) is 6.38. The summed E-state index contributed by atoms with van der Waals surface area (Å²) in [5.41, 5.74) is 1.71. The molecule has 2 aromatic rings. The van der Waals surface area contributed by atoms with E-state index in [2.05, 4.69) is 50.1 Å². The van der Waals surface area contributed by atoms with Crippen LogP contribution < -0.4 is 9.47 Å². The smallest absolute Gasteiger partial charge is 0.363 e. The van der Waals surface area contributed by atoms with Crippen LogP contribution in [-0.2, 0) is 9.53 Å². The summed E-state index contributed by atoms with van der Waals surface area (Å²) in [6, 6.07) is 11.2. The molecule has 1 aliphatic rings. The number of ether oxygens (including phenoxy) is 3. The van der Waals surface area contributed by atoms with Gasteiger partial charge in [0.05, 0.1) is 11.1 Å². The van der Waals surface area contributed by atoms with Crippen LogP contribution >= 0.6 is 38.5 Å². The van der Waals surface area contributed by atoms with Crippen molar-refractivity contribution in [3.63, 3.8) is 0 Å². The first-order valence-electron chi connectivity index (χ1n) is 8.50. The van der Waals surface area contributed by atoms with Crippen molar-refractivity contribution in [2.24, 2.45) is 4.99 Å².